The van der Waals surface area contributed by atoms with E-state index in [1.807, 2.05) is 0 Å². The van der Waals surface area contributed by atoms with E-state index in [9.17, 15) is 18.4 Å². The lowest BCUT2D eigenvalue weighted by Gasteiger charge is -2.29. The summed E-state index contributed by atoms with van der Waals surface area (Å²) >= 11 is 6.04. The van der Waals surface area contributed by atoms with Gasteiger partial charge in [0, 0.05) is 36.9 Å². The zero-order valence-corrected chi connectivity index (χ0v) is 15.3. The minimum atomic E-state index is -2.68. The molecule has 1 aliphatic carbocycles. The zero-order valence-electron chi connectivity index (χ0n) is 14.6. The Hall–Kier alpha value is -1.69. The van der Waals surface area contributed by atoms with E-state index in [0.717, 1.165) is 19.3 Å². The topological polar surface area (TPSA) is 49.4 Å². The molecule has 0 atom stereocenters. The third kappa shape index (κ3) is 4.53. The summed E-state index contributed by atoms with van der Waals surface area (Å²) in [5.74, 6) is -3.60. The predicted molar refractivity (Wildman–Crippen MR) is 96.7 cm³/mol. The Morgan fingerprint density at radius 3 is 2.42 bits per heavy atom. The van der Waals surface area contributed by atoms with Crippen molar-refractivity contribution in [2.75, 3.05) is 18.4 Å². The van der Waals surface area contributed by atoms with E-state index in [4.69, 9.17) is 11.6 Å². The molecule has 142 valence electrons. The lowest BCUT2D eigenvalue weighted by molar-refractivity contribution is -0.124. The quantitative estimate of drug-likeness (QED) is 0.819. The number of carbonyl (C=O) groups is 2. The Bertz CT molecular complexity index is 680. The maximum absolute atomic E-state index is 13.3. The average Bonchev–Trinajstić information content (AvgIpc) is 2.62. The molecule has 0 unspecified atom stereocenters. The highest BCUT2D eigenvalue weighted by Gasteiger charge is 2.37. The fourth-order valence-corrected chi connectivity index (χ4v) is 3.78. The molecule has 1 N–H and O–H groups in total. The van der Waals surface area contributed by atoms with Crippen LogP contribution >= 0.6 is 11.6 Å². The number of halogens is 3. The van der Waals surface area contributed by atoms with Gasteiger partial charge in [-0.2, -0.15) is 0 Å². The van der Waals surface area contributed by atoms with Crippen molar-refractivity contribution in [2.24, 2.45) is 5.92 Å². The molecule has 2 fully saturated rings. The fourth-order valence-electron chi connectivity index (χ4n) is 3.61. The number of rotatable bonds is 3. The van der Waals surface area contributed by atoms with Gasteiger partial charge in [-0.25, -0.2) is 8.78 Å². The van der Waals surface area contributed by atoms with Crippen molar-refractivity contribution < 1.29 is 18.4 Å². The van der Waals surface area contributed by atoms with Crippen molar-refractivity contribution in [3.8, 4) is 0 Å². The van der Waals surface area contributed by atoms with Crippen LogP contribution in [0.5, 0.6) is 0 Å². The Morgan fingerprint density at radius 1 is 1.12 bits per heavy atom. The second-order valence-corrected chi connectivity index (χ2v) is 7.60. The number of nitrogens with one attached hydrogen (secondary N) is 1. The smallest absolute Gasteiger partial charge is 0.255 e. The summed E-state index contributed by atoms with van der Waals surface area (Å²) < 4.78 is 26.6. The first-order valence-electron chi connectivity index (χ1n) is 9.13. The van der Waals surface area contributed by atoms with Gasteiger partial charge in [-0.1, -0.05) is 11.6 Å². The first kappa shape index (κ1) is 19.1. The van der Waals surface area contributed by atoms with Gasteiger partial charge in [0.2, 0.25) is 11.8 Å². The number of hydrogen-bond donors (Lipinski definition) is 1. The molecule has 1 aromatic carbocycles. The van der Waals surface area contributed by atoms with Crippen molar-refractivity contribution in [3.05, 3.63) is 28.8 Å². The number of piperidine rings is 1. The van der Waals surface area contributed by atoms with Crippen LogP contribution in [0.4, 0.5) is 14.5 Å². The minimum Gasteiger partial charge on any atom is -0.339 e. The lowest BCUT2D eigenvalue weighted by atomic mass is 9.86. The number of alkyl halides is 2. The van der Waals surface area contributed by atoms with Gasteiger partial charge in [0.1, 0.15) is 0 Å². The summed E-state index contributed by atoms with van der Waals surface area (Å²) in [5, 5.41) is 3.16. The number of anilines is 1. The number of benzene rings is 1. The van der Waals surface area contributed by atoms with E-state index < -0.39 is 11.8 Å². The molecule has 3 rings (SSSR count). The third-order valence-corrected chi connectivity index (χ3v) is 5.44. The molecule has 2 aliphatic rings. The van der Waals surface area contributed by atoms with Gasteiger partial charge in [0.15, 0.2) is 0 Å². The average molecular weight is 385 g/mol. The van der Waals surface area contributed by atoms with Crippen molar-refractivity contribution in [3.63, 3.8) is 0 Å². The minimum absolute atomic E-state index is 0.133. The standard InChI is InChI=1S/C19H23ClF2N2O2/c20-14-4-5-15(18(26)24-10-2-1-3-11-24)16(12-14)23-17(25)13-6-8-19(21,22)9-7-13/h4-5,12-13H,1-3,6-11H2,(H,23,25). The van der Waals surface area contributed by atoms with Gasteiger partial charge in [-0.15, -0.1) is 0 Å². The Balaban J connectivity index is 1.73. The van der Waals surface area contributed by atoms with Gasteiger partial charge in [0.05, 0.1) is 11.3 Å². The Kier molecular flexibility index (Phi) is 5.80. The van der Waals surface area contributed by atoms with E-state index in [-0.39, 0.29) is 37.5 Å². The predicted octanol–water partition coefficient (Wildman–Crippen LogP) is 4.73. The molecule has 1 aliphatic heterocycles. The van der Waals surface area contributed by atoms with Crippen LogP contribution in [0.25, 0.3) is 0 Å². The van der Waals surface area contributed by atoms with E-state index >= 15 is 0 Å². The highest BCUT2D eigenvalue weighted by molar-refractivity contribution is 6.31. The summed E-state index contributed by atoms with van der Waals surface area (Å²) in [6, 6.07) is 4.79. The monoisotopic (exact) mass is 384 g/mol. The number of carbonyl (C=O) groups excluding carboxylic acids is 2. The van der Waals surface area contributed by atoms with Crippen LogP contribution in [-0.4, -0.2) is 35.7 Å². The van der Waals surface area contributed by atoms with Gasteiger partial charge < -0.3 is 10.2 Å². The molecule has 7 heteroatoms. The molecule has 1 saturated carbocycles. The zero-order chi connectivity index (χ0) is 18.7. The van der Waals surface area contributed by atoms with E-state index in [0.29, 0.717) is 29.4 Å². The van der Waals surface area contributed by atoms with Gasteiger partial charge in [-0.05, 0) is 50.3 Å². The van der Waals surface area contributed by atoms with Gasteiger partial charge in [-0.3, -0.25) is 9.59 Å². The van der Waals surface area contributed by atoms with E-state index in [1.165, 1.54) is 0 Å². The van der Waals surface area contributed by atoms with Crippen LogP contribution in [0.2, 0.25) is 5.02 Å². The first-order valence-corrected chi connectivity index (χ1v) is 9.51. The summed E-state index contributed by atoms with van der Waals surface area (Å²) in [4.78, 5) is 27.1. The highest BCUT2D eigenvalue weighted by Crippen LogP contribution is 2.37. The second-order valence-electron chi connectivity index (χ2n) is 7.16. The highest BCUT2D eigenvalue weighted by atomic mass is 35.5. The molecule has 0 spiro atoms. The van der Waals surface area contributed by atoms with E-state index in [1.54, 1.807) is 23.1 Å². The maximum atomic E-state index is 13.3. The molecule has 0 bridgehead atoms. The van der Waals surface area contributed by atoms with Crippen LogP contribution in [0.15, 0.2) is 18.2 Å². The summed E-state index contributed by atoms with van der Waals surface area (Å²) in [5.41, 5.74) is 0.751. The summed E-state index contributed by atoms with van der Waals surface area (Å²) in [6.07, 6.45) is 2.79. The number of nitrogens with zero attached hydrogens (tertiary/aromatic N) is 1. The van der Waals surface area contributed by atoms with Gasteiger partial charge >= 0.3 is 0 Å². The van der Waals surface area contributed by atoms with Crippen LogP contribution in [-0.2, 0) is 4.79 Å². The third-order valence-electron chi connectivity index (χ3n) is 5.20. The summed E-state index contributed by atoms with van der Waals surface area (Å²) in [7, 11) is 0. The number of amides is 2. The molecule has 1 heterocycles. The second kappa shape index (κ2) is 7.91. The normalized spacial score (nSPS) is 20.7. The molecule has 0 radical (unpaired) electrons. The lowest BCUT2D eigenvalue weighted by Crippen LogP contribution is -2.36. The Morgan fingerprint density at radius 2 is 1.77 bits per heavy atom. The van der Waals surface area contributed by atoms with Crippen LogP contribution < -0.4 is 5.32 Å². The molecular formula is C19H23ClF2N2O2. The number of hydrogen-bond acceptors (Lipinski definition) is 2. The molecular weight excluding hydrogens is 362 g/mol. The largest absolute Gasteiger partial charge is 0.339 e. The first-order chi connectivity index (χ1) is 12.4. The van der Waals surface area contributed by atoms with Crippen molar-refractivity contribution >= 4 is 29.1 Å². The molecule has 1 aromatic rings. The number of likely N-dealkylation sites (tertiary alicyclic amines) is 1. The fraction of sp³-hybridized carbons (Fsp3) is 0.579. The molecule has 2 amide bonds. The Labute approximate surface area is 156 Å². The van der Waals surface area contributed by atoms with Crippen molar-refractivity contribution in [2.45, 2.75) is 50.9 Å². The van der Waals surface area contributed by atoms with Gasteiger partial charge in [0.25, 0.3) is 5.91 Å². The molecule has 26 heavy (non-hydrogen) atoms. The summed E-state index contributed by atoms with van der Waals surface area (Å²) in [6.45, 7) is 1.40. The van der Waals surface area contributed by atoms with Crippen LogP contribution in [0.1, 0.15) is 55.3 Å². The van der Waals surface area contributed by atoms with E-state index in [2.05, 4.69) is 5.32 Å². The van der Waals surface area contributed by atoms with Crippen molar-refractivity contribution in [1.82, 2.24) is 4.90 Å². The maximum Gasteiger partial charge on any atom is 0.255 e. The molecule has 4 nitrogen and oxygen atoms in total. The molecule has 1 saturated heterocycles. The van der Waals surface area contributed by atoms with Crippen molar-refractivity contribution in [1.29, 1.82) is 0 Å². The van der Waals surface area contributed by atoms with Crippen LogP contribution in [0, 0.1) is 5.92 Å². The van der Waals surface area contributed by atoms with Crippen LogP contribution in [0.3, 0.4) is 0 Å². The SMILES string of the molecule is O=C(Nc1cc(Cl)ccc1C(=O)N1CCCCC1)C1CCC(F)(F)CC1. The molecule has 0 aromatic heterocycles.